The fourth-order valence-corrected chi connectivity index (χ4v) is 3.26. The summed E-state index contributed by atoms with van der Waals surface area (Å²) in [5, 5.41) is 18.9. The van der Waals surface area contributed by atoms with E-state index < -0.39 is 5.60 Å². The third-order valence-electron chi connectivity index (χ3n) is 4.68. The number of ether oxygens (including phenoxy) is 1. The Morgan fingerprint density at radius 2 is 1.97 bits per heavy atom. The number of aliphatic imine (C=N–C) groups is 2. The minimum absolute atomic E-state index is 0.00798. The van der Waals surface area contributed by atoms with Gasteiger partial charge in [-0.3, -0.25) is 4.98 Å². The van der Waals surface area contributed by atoms with Crippen LogP contribution in [0.5, 0.6) is 5.75 Å². The zero-order valence-corrected chi connectivity index (χ0v) is 19.7. The largest absolute Gasteiger partial charge is 0.494 e. The summed E-state index contributed by atoms with van der Waals surface area (Å²) in [7, 11) is 1.52. The highest BCUT2D eigenvalue weighted by Gasteiger charge is 2.18. The molecule has 2 heterocycles. The van der Waals surface area contributed by atoms with Crippen LogP contribution in [0.15, 0.2) is 59.2 Å². The Hall–Kier alpha value is -3.56. The molecular weight excluding hydrogens is 442 g/mol. The van der Waals surface area contributed by atoms with E-state index >= 15 is 0 Å². The predicted octanol–water partition coefficient (Wildman–Crippen LogP) is 3.41. The zero-order chi connectivity index (χ0) is 24.2. The van der Waals surface area contributed by atoms with Gasteiger partial charge in [0.15, 0.2) is 0 Å². The van der Waals surface area contributed by atoms with Crippen LogP contribution in [0.25, 0.3) is 5.70 Å². The van der Waals surface area contributed by atoms with Crippen molar-refractivity contribution in [2.24, 2.45) is 15.7 Å². The Morgan fingerprint density at radius 3 is 2.67 bits per heavy atom. The van der Waals surface area contributed by atoms with Gasteiger partial charge in [-0.15, -0.1) is 5.10 Å². The van der Waals surface area contributed by atoms with Crippen LogP contribution in [0.4, 0.5) is 0 Å². The average Bonchev–Trinajstić information content (AvgIpc) is 3.21. The molecule has 0 aliphatic rings. The van der Waals surface area contributed by atoms with E-state index in [1.807, 2.05) is 12.1 Å². The van der Waals surface area contributed by atoms with Gasteiger partial charge < -0.3 is 15.6 Å². The van der Waals surface area contributed by atoms with E-state index in [-0.39, 0.29) is 5.96 Å². The maximum Gasteiger partial charge on any atom is 0.220 e. The summed E-state index contributed by atoms with van der Waals surface area (Å²) in [5.41, 5.74) is 8.36. The number of hydrogen-bond acceptors (Lipinski definition) is 6. The van der Waals surface area contributed by atoms with Crippen LogP contribution in [0, 0.1) is 0 Å². The number of hydrogen-bond donors (Lipinski definition) is 2. The van der Waals surface area contributed by atoms with Gasteiger partial charge in [0.05, 0.1) is 47.7 Å². The third kappa shape index (κ3) is 6.03. The topological polar surface area (TPSA) is 124 Å². The number of rotatable bonds is 7. The third-order valence-corrected chi connectivity index (χ3v) is 4.98. The van der Waals surface area contributed by atoms with Crippen molar-refractivity contribution in [1.82, 2.24) is 20.0 Å². The van der Waals surface area contributed by atoms with Crippen LogP contribution < -0.4 is 10.5 Å². The molecule has 0 aliphatic carbocycles. The van der Waals surface area contributed by atoms with Crippen LogP contribution in [-0.4, -0.2) is 43.9 Å². The van der Waals surface area contributed by atoms with Gasteiger partial charge in [0.2, 0.25) is 5.96 Å². The standard InChI is InChI=1S/C23H26ClN7O2/c1-14(17-9-7-10-18(24)21(17)33-5)26-22(25)27-15(2)19-13-31(30-29-19)12-16-8-6-11-20(28-16)23(3,4)32/h6-11,13,32H,1,12H2,2-5H3,(H2,25,26)/b27-15+. The predicted molar refractivity (Wildman–Crippen MR) is 129 cm³/mol. The molecule has 0 atom stereocenters. The number of aliphatic hydroxyl groups is 1. The van der Waals surface area contributed by atoms with Crippen molar-refractivity contribution in [3.63, 3.8) is 0 Å². The van der Waals surface area contributed by atoms with Crippen LogP contribution in [-0.2, 0) is 12.1 Å². The van der Waals surface area contributed by atoms with E-state index in [2.05, 4.69) is 31.9 Å². The highest BCUT2D eigenvalue weighted by molar-refractivity contribution is 6.32. The molecule has 0 bridgehead atoms. The highest BCUT2D eigenvalue weighted by Crippen LogP contribution is 2.32. The minimum atomic E-state index is -1.03. The SMILES string of the molecule is C=C(/N=C(N)\N=C(/C)c1cn(Cc2cccc(C(C)(C)O)n2)nn1)c1cccc(Cl)c1OC. The minimum Gasteiger partial charge on any atom is -0.494 e. The lowest BCUT2D eigenvalue weighted by atomic mass is 10.0. The molecule has 0 amide bonds. The Balaban J connectivity index is 1.76. The van der Waals surface area contributed by atoms with Crippen LogP contribution in [0.3, 0.4) is 0 Å². The molecular formula is C23H26ClN7O2. The molecule has 0 saturated heterocycles. The second-order valence-electron chi connectivity index (χ2n) is 7.81. The van der Waals surface area contributed by atoms with Gasteiger partial charge in [0.1, 0.15) is 17.0 Å². The van der Waals surface area contributed by atoms with Gasteiger partial charge in [-0.25, -0.2) is 14.7 Å². The number of pyridine rings is 1. The summed E-state index contributed by atoms with van der Waals surface area (Å²) >= 11 is 6.16. The van der Waals surface area contributed by atoms with Gasteiger partial charge in [0.25, 0.3) is 0 Å². The molecule has 0 fully saturated rings. The van der Waals surface area contributed by atoms with Crippen molar-refractivity contribution in [3.8, 4) is 5.75 Å². The molecule has 3 N–H and O–H groups in total. The Labute approximate surface area is 197 Å². The second kappa shape index (κ2) is 9.93. The number of methoxy groups -OCH3 is 1. The maximum atomic E-state index is 10.2. The summed E-state index contributed by atoms with van der Waals surface area (Å²) in [6.45, 7) is 9.46. The fourth-order valence-electron chi connectivity index (χ4n) is 3.01. The molecule has 172 valence electrons. The van der Waals surface area contributed by atoms with Crippen molar-refractivity contribution in [2.75, 3.05) is 7.11 Å². The van der Waals surface area contributed by atoms with Crippen molar-refractivity contribution in [1.29, 1.82) is 0 Å². The summed E-state index contributed by atoms with van der Waals surface area (Å²) < 4.78 is 6.96. The van der Waals surface area contributed by atoms with Crippen molar-refractivity contribution in [2.45, 2.75) is 32.9 Å². The molecule has 33 heavy (non-hydrogen) atoms. The summed E-state index contributed by atoms with van der Waals surface area (Å²) in [5.74, 6) is 0.472. The summed E-state index contributed by atoms with van der Waals surface area (Å²) in [6, 6.07) is 10.8. The number of benzene rings is 1. The smallest absolute Gasteiger partial charge is 0.220 e. The van der Waals surface area contributed by atoms with Crippen molar-refractivity contribution < 1.29 is 9.84 Å². The Kier molecular flexibility index (Phi) is 7.25. The Bertz CT molecular complexity index is 1230. The first-order chi connectivity index (χ1) is 15.6. The lowest BCUT2D eigenvalue weighted by Crippen LogP contribution is -2.18. The van der Waals surface area contributed by atoms with Gasteiger partial charge in [-0.2, -0.15) is 0 Å². The molecule has 3 aromatic rings. The number of para-hydroxylation sites is 1. The molecule has 1 aromatic carbocycles. The van der Waals surface area contributed by atoms with Crippen LogP contribution >= 0.6 is 11.6 Å². The van der Waals surface area contributed by atoms with E-state index in [1.165, 1.54) is 7.11 Å². The summed E-state index contributed by atoms with van der Waals surface area (Å²) in [6.07, 6.45) is 1.74. The van der Waals surface area contributed by atoms with Crippen LogP contribution in [0.2, 0.25) is 5.02 Å². The fraction of sp³-hybridized carbons (Fsp3) is 0.261. The lowest BCUT2D eigenvalue weighted by molar-refractivity contribution is 0.0736. The maximum absolute atomic E-state index is 10.2. The molecule has 0 aliphatic heterocycles. The Morgan fingerprint density at radius 1 is 1.24 bits per heavy atom. The monoisotopic (exact) mass is 467 g/mol. The number of aromatic nitrogens is 4. The van der Waals surface area contributed by atoms with E-state index in [1.54, 1.807) is 55.9 Å². The second-order valence-corrected chi connectivity index (χ2v) is 8.22. The van der Waals surface area contributed by atoms with Gasteiger partial charge >= 0.3 is 0 Å². The molecule has 2 aromatic heterocycles. The van der Waals surface area contributed by atoms with Crippen molar-refractivity contribution in [3.05, 3.63) is 76.8 Å². The zero-order valence-electron chi connectivity index (χ0n) is 18.9. The number of halogens is 1. The molecule has 0 spiro atoms. The molecule has 9 nitrogen and oxygen atoms in total. The molecule has 3 rings (SSSR count). The highest BCUT2D eigenvalue weighted by atomic mass is 35.5. The van der Waals surface area contributed by atoms with Gasteiger partial charge in [-0.1, -0.05) is 35.5 Å². The van der Waals surface area contributed by atoms with E-state index in [9.17, 15) is 5.11 Å². The lowest BCUT2D eigenvalue weighted by Gasteiger charge is -2.17. The molecule has 0 unspecified atom stereocenters. The first kappa shape index (κ1) is 24.1. The normalized spacial score (nSPS) is 12.7. The number of guanidine groups is 1. The van der Waals surface area contributed by atoms with Gasteiger partial charge in [-0.05, 0) is 45.0 Å². The summed E-state index contributed by atoms with van der Waals surface area (Å²) in [4.78, 5) is 13.0. The number of nitrogens with two attached hydrogens (primary N) is 1. The van der Waals surface area contributed by atoms with Crippen LogP contribution in [0.1, 0.15) is 43.4 Å². The van der Waals surface area contributed by atoms with Gasteiger partial charge in [0, 0.05) is 5.56 Å². The van der Waals surface area contributed by atoms with Crippen molar-refractivity contribution >= 4 is 29.0 Å². The first-order valence-corrected chi connectivity index (χ1v) is 10.5. The van der Waals surface area contributed by atoms with E-state index in [0.29, 0.717) is 45.7 Å². The van der Waals surface area contributed by atoms with E-state index in [4.69, 9.17) is 22.1 Å². The average molecular weight is 468 g/mol. The first-order valence-electron chi connectivity index (χ1n) is 10.1. The van der Waals surface area contributed by atoms with E-state index in [0.717, 1.165) is 5.69 Å². The molecule has 0 saturated carbocycles. The quantitative estimate of drug-likeness (QED) is 0.405. The molecule has 0 radical (unpaired) electrons. The number of nitrogens with zero attached hydrogens (tertiary/aromatic N) is 6. The molecule has 10 heteroatoms.